The Morgan fingerprint density at radius 2 is 1.95 bits per heavy atom. The van der Waals surface area contributed by atoms with E-state index in [1.54, 1.807) is 12.1 Å². The van der Waals surface area contributed by atoms with Crippen LogP contribution in [0, 0.1) is 5.92 Å². The molecule has 0 aliphatic heterocycles. The molecule has 0 saturated carbocycles. The maximum atomic E-state index is 12.0. The Bertz CT molecular complexity index is 472. The summed E-state index contributed by atoms with van der Waals surface area (Å²) >= 11 is 5.08. The fourth-order valence-corrected chi connectivity index (χ4v) is 1.91. The third-order valence-electron chi connectivity index (χ3n) is 3.12. The van der Waals surface area contributed by atoms with Crippen molar-refractivity contribution in [2.24, 2.45) is 5.92 Å². The van der Waals surface area contributed by atoms with Gasteiger partial charge in [0.2, 0.25) is 0 Å². The molecule has 0 saturated heterocycles. The maximum absolute atomic E-state index is 12.0. The van der Waals surface area contributed by atoms with Gasteiger partial charge in [-0.05, 0) is 55.2 Å². The van der Waals surface area contributed by atoms with E-state index in [4.69, 9.17) is 17.0 Å². The van der Waals surface area contributed by atoms with Crippen molar-refractivity contribution in [3.05, 3.63) is 29.8 Å². The lowest BCUT2D eigenvalue weighted by molar-refractivity contribution is 0.0976. The zero-order valence-corrected chi connectivity index (χ0v) is 14.5. The molecule has 0 unspecified atom stereocenters. The van der Waals surface area contributed by atoms with Crippen LogP contribution in [0.2, 0.25) is 0 Å². The van der Waals surface area contributed by atoms with Crippen LogP contribution in [0.1, 0.15) is 50.4 Å². The van der Waals surface area contributed by atoms with E-state index in [1.807, 2.05) is 12.1 Å². The van der Waals surface area contributed by atoms with Gasteiger partial charge in [-0.2, -0.15) is 0 Å². The molecule has 1 amide bonds. The predicted molar refractivity (Wildman–Crippen MR) is 94.4 cm³/mol. The van der Waals surface area contributed by atoms with Crippen LogP contribution in [0.5, 0.6) is 5.75 Å². The Labute approximate surface area is 138 Å². The molecule has 0 fully saturated rings. The van der Waals surface area contributed by atoms with Crippen molar-refractivity contribution in [3.8, 4) is 5.75 Å². The smallest absolute Gasteiger partial charge is 0.257 e. The van der Waals surface area contributed by atoms with Gasteiger partial charge in [-0.15, -0.1) is 0 Å². The van der Waals surface area contributed by atoms with E-state index >= 15 is 0 Å². The lowest BCUT2D eigenvalue weighted by atomic mass is 10.1. The molecule has 1 aromatic rings. The lowest BCUT2D eigenvalue weighted by Gasteiger charge is -2.10. The fourth-order valence-electron chi connectivity index (χ4n) is 1.71. The van der Waals surface area contributed by atoms with E-state index in [1.165, 1.54) is 0 Å². The van der Waals surface area contributed by atoms with Gasteiger partial charge in [-0.3, -0.25) is 10.1 Å². The highest BCUT2D eigenvalue weighted by atomic mass is 32.1. The summed E-state index contributed by atoms with van der Waals surface area (Å²) in [5, 5.41) is 6.05. The number of rotatable bonds is 8. The van der Waals surface area contributed by atoms with Crippen molar-refractivity contribution >= 4 is 23.2 Å². The van der Waals surface area contributed by atoms with Gasteiger partial charge in [0.25, 0.3) is 5.91 Å². The SMILES string of the molecule is CCCCNC(=S)NC(=O)c1ccc(OCCC(C)C)cc1. The third-order valence-corrected chi connectivity index (χ3v) is 3.37. The molecule has 5 heteroatoms. The molecule has 0 spiro atoms. The van der Waals surface area contributed by atoms with Crippen molar-refractivity contribution < 1.29 is 9.53 Å². The molecule has 22 heavy (non-hydrogen) atoms. The molecule has 0 bridgehead atoms. The standard InChI is InChI=1S/C17H26N2O2S/c1-4-5-11-18-17(22)19-16(20)14-6-8-15(9-7-14)21-12-10-13(2)3/h6-9,13H,4-5,10-12H2,1-3H3,(H2,18,19,20,22). The number of thiocarbonyl (C=S) groups is 1. The number of carbonyl (C=O) groups is 1. The molecule has 0 atom stereocenters. The molecule has 1 rings (SSSR count). The van der Waals surface area contributed by atoms with Crippen molar-refractivity contribution in [3.63, 3.8) is 0 Å². The topological polar surface area (TPSA) is 50.4 Å². The van der Waals surface area contributed by atoms with Crippen LogP contribution in [0.3, 0.4) is 0 Å². The number of carbonyl (C=O) groups excluding carboxylic acids is 1. The molecule has 0 aliphatic rings. The van der Waals surface area contributed by atoms with Crippen LogP contribution in [0.25, 0.3) is 0 Å². The van der Waals surface area contributed by atoms with Crippen molar-refractivity contribution in [1.29, 1.82) is 0 Å². The summed E-state index contributed by atoms with van der Waals surface area (Å²) < 4.78 is 5.63. The van der Waals surface area contributed by atoms with Gasteiger partial charge in [0.15, 0.2) is 5.11 Å². The van der Waals surface area contributed by atoms with Crippen molar-refractivity contribution in [1.82, 2.24) is 10.6 Å². The largest absolute Gasteiger partial charge is 0.494 e. The van der Waals surface area contributed by atoms with E-state index in [9.17, 15) is 4.79 Å². The fraction of sp³-hybridized carbons (Fsp3) is 0.529. The highest BCUT2D eigenvalue weighted by molar-refractivity contribution is 7.80. The van der Waals surface area contributed by atoms with Crippen molar-refractivity contribution in [2.45, 2.75) is 40.0 Å². The third kappa shape index (κ3) is 7.41. The van der Waals surface area contributed by atoms with Crippen LogP contribution < -0.4 is 15.4 Å². The lowest BCUT2D eigenvalue weighted by Crippen LogP contribution is -2.39. The second kappa shape index (κ2) is 10.2. The molecule has 4 nitrogen and oxygen atoms in total. The van der Waals surface area contributed by atoms with E-state index in [-0.39, 0.29) is 5.91 Å². The summed E-state index contributed by atoms with van der Waals surface area (Å²) in [5.41, 5.74) is 0.566. The molecule has 1 aromatic carbocycles. The van der Waals surface area contributed by atoms with E-state index in [0.717, 1.165) is 31.6 Å². The van der Waals surface area contributed by atoms with Gasteiger partial charge in [0.1, 0.15) is 5.75 Å². The van der Waals surface area contributed by atoms with Crippen LogP contribution in [-0.4, -0.2) is 24.2 Å². The average molecular weight is 322 g/mol. The monoisotopic (exact) mass is 322 g/mol. The summed E-state index contributed by atoms with van der Waals surface area (Å²) in [6.07, 6.45) is 3.13. The maximum Gasteiger partial charge on any atom is 0.257 e. The Hall–Kier alpha value is -1.62. The second-order valence-electron chi connectivity index (χ2n) is 5.62. The van der Waals surface area contributed by atoms with E-state index in [0.29, 0.717) is 23.2 Å². The summed E-state index contributed by atoms with van der Waals surface area (Å²) in [6.45, 7) is 7.89. The van der Waals surface area contributed by atoms with Crippen LogP contribution in [-0.2, 0) is 0 Å². The Morgan fingerprint density at radius 1 is 1.27 bits per heavy atom. The summed E-state index contributed by atoms with van der Waals surface area (Å²) in [5.74, 6) is 1.19. The first kappa shape index (κ1) is 18.4. The molecule has 2 N–H and O–H groups in total. The number of hydrogen-bond donors (Lipinski definition) is 2. The number of amides is 1. The van der Waals surface area contributed by atoms with Gasteiger partial charge in [0, 0.05) is 12.1 Å². The first-order valence-electron chi connectivity index (χ1n) is 7.85. The quantitative estimate of drug-likeness (QED) is 0.568. The number of ether oxygens (including phenoxy) is 1. The molecule has 0 aliphatic carbocycles. The van der Waals surface area contributed by atoms with E-state index in [2.05, 4.69) is 31.4 Å². The first-order chi connectivity index (χ1) is 10.5. The molecular weight excluding hydrogens is 296 g/mol. The van der Waals surface area contributed by atoms with E-state index < -0.39 is 0 Å². The Kier molecular flexibility index (Phi) is 8.51. The molecule has 0 aromatic heterocycles. The second-order valence-corrected chi connectivity index (χ2v) is 6.03. The zero-order valence-electron chi connectivity index (χ0n) is 13.6. The summed E-state index contributed by atoms with van der Waals surface area (Å²) in [6, 6.07) is 7.11. The Morgan fingerprint density at radius 3 is 2.55 bits per heavy atom. The minimum atomic E-state index is -0.206. The van der Waals surface area contributed by atoms with Crippen LogP contribution in [0.4, 0.5) is 0 Å². The van der Waals surface area contributed by atoms with Crippen LogP contribution >= 0.6 is 12.2 Å². The Balaban J connectivity index is 2.41. The zero-order chi connectivity index (χ0) is 16.4. The van der Waals surface area contributed by atoms with Gasteiger partial charge in [0.05, 0.1) is 6.61 Å². The minimum absolute atomic E-state index is 0.206. The van der Waals surface area contributed by atoms with Crippen LogP contribution in [0.15, 0.2) is 24.3 Å². The van der Waals surface area contributed by atoms with Crippen molar-refractivity contribution in [2.75, 3.05) is 13.2 Å². The number of nitrogens with one attached hydrogen (secondary N) is 2. The minimum Gasteiger partial charge on any atom is -0.494 e. The highest BCUT2D eigenvalue weighted by Crippen LogP contribution is 2.13. The first-order valence-corrected chi connectivity index (χ1v) is 8.25. The summed E-state index contributed by atoms with van der Waals surface area (Å²) in [4.78, 5) is 12.0. The molecular formula is C17H26N2O2S. The average Bonchev–Trinajstić information content (AvgIpc) is 2.47. The highest BCUT2D eigenvalue weighted by Gasteiger charge is 2.07. The normalized spacial score (nSPS) is 10.4. The van der Waals surface area contributed by atoms with Gasteiger partial charge in [-0.25, -0.2) is 0 Å². The molecule has 0 radical (unpaired) electrons. The van der Waals surface area contributed by atoms with Gasteiger partial charge >= 0.3 is 0 Å². The predicted octanol–water partition coefficient (Wildman–Crippen LogP) is 3.52. The summed E-state index contributed by atoms with van der Waals surface area (Å²) in [7, 11) is 0. The molecule has 0 heterocycles. The number of unbranched alkanes of at least 4 members (excludes halogenated alkanes) is 1. The van der Waals surface area contributed by atoms with Gasteiger partial charge < -0.3 is 10.1 Å². The molecule has 122 valence electrons. The van der Waals surface area contributed by atoms with Gasteiger partial charge in [-0.1, -0.05) is 27.2 Å². The number of benzene rings is 1. The number of hydrogen-bond acceptors (Lipinski definition) is 3.